The van der Waals surface area contributed by atoms with Gasteiger partial charge < -0.3 is 25.0 Å². The number of hydrogen-bond donors (Lipinski definition) is 2. The monoisotopic (exact) mass is 431 g/mol. The highest BCUT2D eigenvalue weighted by molar-refractivity contribution is 5.99. The van der Waals surface area contributed by atoms with Gasteiger partial charge in [0.1, 0.15) is 0 Å². The number of nitrogens with zero attached hydrogens (tertiary/aromatic N) is 1. The van der Waals surface area contributed by atoms with Gasteiger partial charge in [0.2, 0.25) is 5.91 Å². The van der Waals surface area contributed by atoms with Crippen molar-refractivity contribution in [3.63, 3.8) is 0 Å². The maximum Gasteiger partial charge on any atom is 0.319 e. The summed E-state index contributed by atoms with van der Waals surface area (Å²) in [7, 11) is 3.11. The molecule has 1 aliphatic heterocycles. The molecular formula is C25H25N3O4. The van der Waals surface area contributed by atoms with E-state index in [0.29, 0.717) is 29.4 Å². The second-order valence-electron chi connectivity index (χ2n) is 7.45. The number of carbonyl (C=O) groups excluding carboxylic acids is 2. The zero-order valence-electron chi connectivity index (χ0n) is 18.0. The first-order valence-corrected chi connectivity index (χ1v) is 10.3. The van der Waals surface area contributed by atoms with E-state index < -0.39 is 0 Å². The van der Waals surface area contributed by atoms with Crippen molar-refractivity contribution in [2.45, 2.75) is 12.5 Å². The lowest BCUT2D eigenvalue weighted by Crippen LogP contribution is -2.39. The van der Waals surface area contributed by atoms with Gasteiger partial charge in [0.15, 0.2) is 11.5 Å². The van der Waals surface area contributed by atoms with Crippen LogP contribution in [0.5, 0.6) is 11.5 Å². The van der Waals surface area contributed by atoms with Gasteiger partial charge >= 0.3 is 6.03 Å². The molecule has 0 radical (unpaired) electrons. The van der Waals surface area contributed by atoms with Crippen LogP contribution in [0.4, 0.5) is 16.2 Å². The van der Waals surface area contributed by atoms with Gasteiger partial charge in [-0.15, -0.1) is 0 Å². The smallest absolute Gasteiger partial charge is 0.319 e. The summed E-state index contributed by atoms with van der Waals surface area (Å²) < 4.78 is 10.6. The summed E-state index contributed by atoms with van der Waals surface area (Å²) in [5.41, 5.74) is 3.35. The number of urea groups is 1. The molecule has 0 bridgehead atoms. The van der Waals surface area contributed by atoms with Crippen LogP contribution in [0.3, 0.4) is 0 Å². The van der Waals surface area contributed by atoms with Crippen molar-refractivity contribution in [1.82, 2.24) is 5.32 Å². The Morgan fingerprint density at radius 1 is 0.938 bits per heavy atom. The van der Waals surface area contributed by atoms with Gasteiger partial charge in [-0.25, -0.2) is 4.79 Å². The summed E-state index contributed by atoms with van der Waals surface area (Å²) >= 11 is 0. The molecule has 0 saturated carbocycles. The molecule has 4 rings (SSSR count). The zero-order valence-corrected chi connectivity index (χ0v) is 18.0. The minimum Gasteiger partial charge on any atom is -0.493 e. The Morgan fingerprint density at radius 3 is 2.41 bits per heavy atom. The molecule has 32 heavy (non-hydrogen) atoms. The van der Waals surface area contributed by atoms with Crippen molar-refractivity contribution in [3.8, 4) is 22.6 Å². The third-order valence-electron chi connectivity index (χ3n) is 5.40. The Balaban J connectivity index is 1.43. The van der Waals surface area contributed by atoms with Gasteiger partial charge in [0.05, 0.1) is 25.9 Å². The van der Waals surface area contributed by atoms with Crippen LogP contribution in [0, 0.1) is 0 Å². The lowest BCUT2D eigenvalue weighted by atomic mass is 10.0. The van der Waals surface area contributed by atoms with Crippen molar-refractivity contribution < 1.29 is 19.1 Å². The highest BCUT2D eigenvalue weighted by Gasteiger charge is 2.32. The standard InChI is InChI=1S/C25H25N3O4/c1-31-22-13-12-19(15-23(22)32-2)28-16-18(14-24(28)29)26-25(30)27-21-11-7-6-10-20(21)17-8-4-3-5-9-17/h3-13,15,18H,14,16H2,1-2H3,(H2,26,27,30). The molecular weight excluding hydrogens is 406 g/mol. The Morgan fingerprint density at radius 2 is 1.66 bits per heavy atom. The van der Waals surface area contributed by atoms with Crippen LogP contribution >= 0.6 is 0 Å². The van der Waals surface area contributed by atoms with Crippen molar-refractivity contribution >= 4 is 23.3 Å². The fourth-order valence-electron chi connectivity index (χ4n) is 3.85. The molecule has 7 nitrogen and oxygen atoms in total. The predicted molar refractivity (Wildman–Crippen MR) is 124 cm³/mol. The molecule has 1 aliphatic rings. The molecule has 2 N–H and O–H groups in total. The predicted octanol–water partition coefficient (Wildman–Crippen LogP) is 4.30. The number of hydrogen-bond acceptors (Lipinski definition) is 4. The van der Waals surface area contributed by atoms with E-state index in [-0.39, 0.29) is 24.4 Å². The molecule has 1 heterocycles. The van der Waals surface area contributed by atoms with E-state index in [1.807, 2.05) is 54.6 Å². The summed E-state index contributed by atoms with van der Waals surface area (Å²) in [5.74, 6) is 1.07. The molecule has 1 atom stereocenters. The van der Waals surface area contributed by atoms with E-state index in [1.165, 1.54) is 0 Å². The van der Waals surface area contributed by atoms with Crippen LogP contribution in [0.15, 0.2) is 72.8 Å². The number of amides is 3. The first-order valence-electron chi connectivity index (χ1n) is 10.3. The maximum atomic E-state index is 12.7. The summed E-state index contributed by atoms with van der Waals surface area (Å²) in [5, 5.41) is 5.84. The van der Waals surface area contributed by atoms with Crippen LogP contribution < -0.4 is 25.0 Å². The van der Waals surface area contributed by atoms with Crippen molar-refractivity contribution in [1.29, 1.82) is 0 Å². The molecule has 3 aromatic carbocycles. The van der Waals surface area contributed by atoms with Gasteiger partial charge in [-0.1, -0.05) is 48.5 Å². The molecule has 1 unspecified atom stereocenters. The van der Waals surface area contributed by atoms with Crippen molar-refractivity contribution in [2.75, 3.05) is 31.0 Å². The van der Waals surface area contributed by atoms with Gasteiger partial charge in [-0.05, 0) is 23.8 Å². The van der Waals surface area contributed by atoms with Crippen LogP contribution in [0.1, 0.15) is 6.42 Å². The number of rotatable bonds is 6. The van der Waals surface area contributed by atoms with Gasteiger partial charge in [-0.2, -0.15) is 0 Å². The normalized spacial score (nSPS) is 15.4. The summed E-state index contributed by atoms with van der Waals surface area (Å²) in [4.78, 5) is 26.9. The minimum absolute atomic E-state index is 0.0628. The fraction of sp³-hybridized carbons (Fsp3) is 0.200. The molecule has 0 aromatic heterocycles. The van der Waals surface area contributed by atoms with Crippen LogP contribution in [0.25, 0.3) is 11.1 Å². The van der Waals surface area contributed by atoms with Gasteiger partial charge in [0, 0.05) is 30.3 Å². The van der Waals surface area contributed by atoms with E-state index in [0.717, 1.165) is 11.1 Å². The van der Waals surface area contributed by atoms with Gasteiger partial charge in [-0.3, -0.25) is 4.79 Å². The highest BCUT2D eigenvalue weighted by Crippen LogP contribution is 2.33. The Bertz CT molecular complexity index is 1120. The average molecular weight is 431 g/mol. The molecule has 7 heteroatoms. The first kappa shape index (κ1) is 21.2. The first-order chi connectivity index (χ1) is 15.6. The fourth-order valence-corrected chi connectivity index (χ4v) is 3.85. The number of benzene rings is 3. The lowest BCUT2D eigenvalue weighted by Gasteiger charge is -2.19. The van der Waals surface area contributed by atoms with Crippen molar-refractivity contribution in [3.05, 3.63) is 72.8 Å². The maximum absolute atomic E-state index is 12.7. The molecule has 1 fully saturated rings. The Hall–Kier alpha value is -4.00. The lowest BCUT2D eigenvalue weighted by molar-refractivity contribution is -0.117. The minimum atomic E-state index is -0.347. The third-order valence-corrected chi connectivity index (χ3v) is 5.40. The van der Waals surface area contributed by atoms with E-state index in [2.05, 4.69) is 10.6 Å². The Kier molecular flexibility index (Phi) is 6.26. The van der Waals surface area contributed by atoms with Crippen molar-refractivity contribution in [2.24, 2.45) is 0 Å². The average Bonchev–Trinajstić information content (AvgIpc) is 3.19. The topological polar surface area (TPSA) is 79.9 Å². The quantitative estimate of drug-likeness (QED) is 0.610. The third kappa shape index (κ3) is 4.51. The number of anilines is 2. The van der Waals surface area contributed by atoms with E-state index in [1.54, 1.807) is 37.3 Å². The van der Waals surface area contributed by atoms with Gasteiger partial charge in [0.25, 0.3) is 0 Å². The molecule has 164 valence electrons. The zero-order chi connectivity index (χ0) is 22.5. The van der Waals surface area contributed by atoms with Crippen LogP contribution in [0.2, 0.25) is 0 Å². The molecule has 1 saturated heterocycles. The Labute approximate surface area is 187 Å². The van der Waals surface area contributed by atoms with E-state index in [9.17, 15) is 9.59 Å². The van der Waals surface area contributed by atoms with E-state index >= 15 is 0 Å². The molecule has 0 aliphatic carbocycles. The summed E-state index contributed by atoms with van der Waals surface area (Å²) in [6, 6.07) is 22.2. The SMILES string of the molecule is COc1ccc(N2CC(NC(=O)Nc3ccccc3-c3ccccc3)CC2=O)cc1OC. The second kappa shape index (κ2) is 9.43. The number of nitrogens with one attached hydrogen (secondary N) is 2. The van der Waals surface area contributed by atoms with Crippen LogP contribution in [-0.2, 0) is 4.79 Å². The molecule has 3 amide bonds. The largest absolute Gasteiger partial charge is 0.493 e. The van der Waals surface area contributed by atoms with Crippen LogP contribution in [-0.4, -0.2) is 38.7 Å². The number of para-hydroxylation sites is 1. The molecule has 3 aromatic rings. The number of methoxy groups -OCH3 is 2. The van der Waals surface area contributed by atoms with E-state index in [4.69, 9.17) is 9.47 Å². The highest BCUT2D eigenvalue weighted by atomic mass is 16.5. The second-order valence-corrected chi connectivity index (χ2v) is 7.45. The number of ether oxygens (including phenoxy) is 2. The number of carbonyl (C=O) groups is 2. The summed E-state index contributed by atoms with van der Waals surface area (Å²) in [6.07, 6.45) is 0.224. The summed E-state index contributed by atoms with van der Waals surface area (Å²) in [6.45, 7) is 0.377. The molecule has 0 spiro atoms.